The molecule has 0 radical (unpaired) electrons. The quantitative estimate of drug-likeness (QED) is 0.849. The Labute approximate surface area is 123 Å². The van der Waals surface area contributed by atoms with Gasteiger partial charge in [0.05, 0.1) is 0 Å². The molecule has 2 rings (SSSR count). The zero-order chi connectivity index (χ0) is 15.8. The van der Waals surface area contributed by atoms with E-state index in [-0.39, 0.29) is 24.1 Å². The second kappa shape index (κ2) is 5.55. The summed E-state index contributed by atoms with van der Waals surface area (Å²) in [4.78, 5) is 21.9. The molecule has 1 aromatic rings. The molecule has 116 valence electrons. The average molecular weight is 324 g/mol. The lowest BCUT2D eigenvalue weighted by Crippen LogP contribution is -2.43. The van der Waals surface area contributed by atoms with E-state index < -0.39 is 24.7 Å². The first kappa shape index (κ1) is 15.6. The monoisotopic (exact) mass is 323 g/mol. The molecule has 0 aromatic carbocycles. The maximum absolute atomic E-state index is 12.4. The molecule has 0 saturated carbocycles. The van der Waals surface area contributed by atoms with Crippen LogP contribution < -0.4 is 10.6 Å². The molecule has 1 saturated heterocycles. The van der Waals surface area contributed by atoms with E-state index in [4.69, 9.17) is 17.3 Å². The van der Waals surface area contributed by atoms with Gasteiger partial charge in [0.15, 0.2) is 0 Å². The summed E-state index contributed by atoms with van der Waals surface area (Å²) in [7, 11) is 1.55. The van der Waals surface area contributed by atoms with Gasteiger partial charge in [-0.05, 0) is 6.42 Å². The van der Waals surface area contributed by atoms with E-state index in [1.54, 1.807) is 7.05 Å². The van der Waals surface area contributed by atoms with Gasteiger partial charge < -0.3 is 15.5 Å². The SMILES string of the molecule is CN(c1cc(Cl)nc(N)n1)[C@@H]1CCN(CC(F)(F)F)C1=O. The van der Waals surface area contributed by atoms with Crippen LogP contribution in [0.4, 0.5) is 24.9 Å². The van der Waals surface area contributed by atoms with Crippen LogP contribution in [-0.4, -0.2) is 53.1 Å². The van der Waals surface area contributed by atoms with Crippen LogP contribution in [0.25, 0.3) is 0 Å². The van der Waals surface area contributed by atoms with Gasteiger partial charge in [0.25, 0.3) is 0 Å². The standard InChI is InChI=1S/C11H13ClF3N5O/c1-19(8-4-7(12)17-10(16)18-8)6-2-3-20(9(6)21)5-11(13,14)15/h4,6H,2-3,5H2,1H3,(H2,16,17,18)/t6-/m1/s1. The van der Waals surface area contributed by atoms with Crippen molar-refractivity contribution in [3.8, 4) is 0 Å². The zero-order valence-corrected chi connectivity index (χ0v) is 11.8. The van der Waals surface area contributed by atoms with Crippen LogP contribution in [0, 0.1) is 0 Å². The van der Waals surface area contributed by atoms with Crippen LogP contribution in [0.1, 0.15) is 6.42 Å². The van der Waals surface area contributed by atoms with Gasteiger partial charge in [0.1, 0.15) is 23.6 Å². The van der Waals surface area contributed by atoms with Crippen molar-refractivity contribution in [2.24, 2.45) is 0 Å². The number of hydrogen-bond donors (Lipinski definition) is 1. The first-order valence-electron chi connectivity index (χ1n) is 6.06. The molecule has 2 N–H and O–H groups in total. The third-order valence-corrected chi connectivity index (χ3v) is 3.36. The van der Waals surface area contributed by atoms with Crippen molar-refractivity contribution in [3.05, 3.63) is 11.2 Å². The van der Waals surface area contributed by atoms with Gasteiger partial charge in [-0.25, -0.2) is 4.98 Å². The molecule has 0 unspecified atom stereocenters. The highest BCUT2D eigenvalue weighted by atomic mass is 35.5. The number of carbonyl (C=O) groups is 1. The average Bonchev–Trinajstić information content (AvgIpc) is 2.67. The van der Waals surface area contributed by atoms with Crippen molar-refractivity contribution < 1.29 is 18.0 Å². The van der Waals surface area contributed by atoms with Crippen LogP contribution in [0.5, 0.6) is 0 Å². The predicted octanol–water partition coefficient (Wildman–Crippen LogP) is 1.31. The fraction of sp³-hybridized carbons (Fsp3) is 0.545. The van der Waals surface area contributed by atoms with E-state index in [1.165, 1.54) is 11.0 Å². The van der Waals surface area contributed by atoms with E-state index in [0.29, 0.717) is 5.82 Å². The molecule has 1 aromatic heterocycles. The Morgan fingerprint density at radius 1 is 1.52 bits per heavy atom. The van der Waals surface area contributed by atoms with E-state index in [1.807, 2.05) is 0 Å². The van der Waals surface area contributed by atoms with Crippen molar-refractivity contribution in [1.29, 1.82) is 0 Å². The summed E-state index contributed by atoms with van der Waals surface area (Å²) in [6.45, 7) is -1.20. The molecule has 0 bridgehead atoms. The molecule has 1 aliphatic heterocycles. The minimum atomic E-state index is -4.41. The van der Waals surface area contributed by atoms with Crippen LogP contribution in [0.15, 0.2) is 6.07 Å². The molecule has 0 aliphatic carbocycles. The van der Waals surface area contributed by atoms with Crippen molar-refractivity contribution in [1.82, 2.24) is 14.9 Å². The molecular weight excluding hydrogens is 311 g/mol. The van der Waals surface area contributed by atoms with Gasteiger partial charge in [-0.15, -0.1) is 0 Å². The Balaban J connectivity index is 2.14. The largest absolute Gasteiger partial charge is 0.406 e. The minimum absolute atomic E-state index is 0.0433. The highest BCUT2D eigenvalue weighted by Crippen LogP contribution is 2.26. The number of likely N-dealkylation sites (tertiary alicyclic amines) is 1. The van der Waals surface area contributed by atoms with Gasteiger partial charge in [0.2, 0.25) is 11.9 Å². The summed E-state index contributed by atoms with van der Waals surface area (Å²) >= 11 is 5.75. The van der Waals surface area contributed by atoms with Gasteiger partial charge >= 0.3 is 6.18 Å². The summed E-state index contributed by atoms with van der Waals surface area (Å²) < 4.78 is 37.1. The summed E-state index contributed by atoms with van der Waals surface area (Å²) in [6, 6.07) is 0.676. The Bertz CT molecular complexity index is 533. The number of hydrogen-bond acceptors (Lipinski definition) is 5. The summed E-state index contributed by atoms with van der Waals surface area (Å²) in [6.07, 6.45) is -4.14. The number of amides is 1. The van der Waals surface area contributed by atoms with Gasteiger partial charge in [0, 0.05) is 19.7 Å². The molecule has 6 nitrogen and oxygen atoms in total. The number of nitrogens with two attached hydrogens (primary N) is 1. The number of likely N-dealkylation sites (N-methyl/N-ethyl adjacent to an activating group) is 1. The number of halogens is 4. The maximum atomic E-state index is 12.4. The number of aromatic nitrogens is 2. The summed E-state index contributed by atoms with van der Waals surface area (Å²) in [5.41, 5.74) is 5.46. The van der Waals surface area contributed by atoms with Crippen LogP contribution in [-0.2, 0) is 4.79 Å². The molecule has 0 spiro atoms. The first-order valence-corrected chi connectivity index (χ1v) is 6.43. The summed E-state index contributed by atoms with van der Waals surface area (Å²) in [5.74, 6) is -0.371. The van der Waals surface area contributed by atoms with Gasteiger partial charge in [-0.3, -0.25) is 4.79 Å². The number of carbonyl (C=O) groups excluding carboxylic acids is 1. The summed E-state index contributed by atoms with van der Waals surface area (Å²) in [5, 5.41) is 0.0990. The van der Waals surface area contributed by atoms with Gasteiger partial charge in [-0.2, -0.15) is 18.2 Å². The lowest BCUT2D eigenvalue weighted by atomic mass is 10.2. The fourth-order valence-corrected chi connectivity index (χ4v) is 2.40. The Hall–Kier alpha value is -1.77. The van der Waals surface area contributed by atoms with E-state index in [9.17, 15) is 18.0 Å². The van der Waals surface area contributed by atoms with Crippen molar-refractivity contribution in [2.75, 3.05) is 30.8 Å². The number of nitrogen functional groups attached to an aromatic ring is 1. The molecule has 1 amide bonds. The second-order valence-corrected chi connectivity index (χ2v) is 5.08. The molecule has 21 heavy (non-hydrogen) atoms. The zero-order valence-electron chi connectivity index (χ0n) is 11.1. The minimum Gasteiger partial charge on any atom is -0.368 e. The molecular formula is C11H13ClF3N5O. The molecule has 1 aliphatic rings. The van der Waals surface area contributed by atoms with Crippen LogP contribution in [0.3, 0.4) is 0 Å². The molecule has 1 atom stereocenters. The number of nitrogens with zero attached hydrogens (tertiary/aromatic N) is 4. The van der Waals surface area contributed by atoms with Crippen molar-refractivity contribution in [2.45, 2.75) is 18.6 Å². The Morgan fingerprint density at radius 3 is 2.76 bits per heavy atom. The van der Waals surface area contributed by atoms with Crippen molar-refractivity contribution >= 4 is 29.3 Å². The first-order chi connectivity index (χ1) is 9.67. The van der Waals surface area contributed by atoms with E-state index >= 15 is 0 Å². The third-order valence-electron chi connectivity index (χ3n) is 3.17. The number of alkyl halides is 3. The molecule has 10 heteroatoms. The maximum Gasteiger partial charge on any atom is 0.406 e. The van der Waals surface area contributed by atoms with E-state index in [2.05, 4.69) is 9.97 Å². The lowest BCUT2D eigenvalue weighted by molar-refractivity contribution is -0.157. The topological polar surface area (TPSA) is 75.4 Å². The van der Waals surface area contributed by atoms with Gasteiger partial charge in [-0.1, -0.05) is 11.6 Å². The highest BCUT2D eigenvalue weighted by Gasteiger charge is 2.41. The molecule has 1 fully saturated rings. The van der Waals surface area contributed by atoms with E-state index in [0.717, 1.165) is 4.90 Å². The normalized spacial score (nSPS) is 19.2. The lowest BCUT2D eigenvalue weighted by Gasteiger charge is -2.25. The number of anilines is 2. The van der Waals surface area contributed by atoms with Crippen LogP contribution >= 0.6 is 11.6 Å². The number of rotatable bonds is 3. The Kier molecular flexibility index (Phi) is 4.13. The second-order valence-electron chi connectivity index (χ2n) is 4.70. The van der Waals surface area contributed by atoms with Crippen molar-refractivity contribution in [3.63, 3.8) is 0 Å². The Morgan fingerprint density at radius 2 is 2.19 bits per heavy atom. The third kappa shape index (κ3) is 3.66. The highest BCUT2D eigenvalue weighted by molar-refractivity contribution is 6.29. The predicted molar refractivity (Wildman–Crippen MR) is 70.9 cm³/mol. The van der Waals surface area contributed by atoms with Crippen LogP contribution in [0.2, 0.25) is 5.15 Å². The fourth-order valence-electron chi connectivity index (χ4n) is 2.22. The molecule has 2 heterocycles. The smallest absolute Gasteiger partial charge is 0.368 e.